The highest BCUT2D eigenvalue weighted by molar-refractivity contribution is 7.80. The molecule has 2 aromatic rings. The summed E-state index contributed by atoms with van der Waals surface area (Å²) in [5, 5.41) is 6.80. The number of anilines is 2. The van der Waals surface area contributed by atoms with Gasteiger partial charge in [0.2, 0.25) is 0 Å². The van der Waals surface area contributed by atoms with Crippen LogP contribution < -0.4 is 20.1 Å². The van der Waals surface area contributed by atoms with E-state index in [-0.39, 0.29) is 15.2 Å². The number of benzene rings is 2. The van der Waals surface area contributed by atoms with Crippen LogP contribution in [0.15, 0.2) is 48.5 Å². The Kier molecular flexibility index (Phi) is 11.4. The maximum absolute atomic E-state index is 5.40. The second kappa shape index (κ2) is 13.0. The van der Waals surface area contributed by atoms with Gasteiger partial charge in [0.25, 0.3) is 15.2 Å². The Morgan fingerprint density at radius 2 is 1.03 bits per heavy atom. The van der Waals surface area contributed by atoms with Crippen LogP contribution in [-0.4, -0.2) is 33.5 Å². The molecule has 0 radical (unpaired) electrons. The molecule has 31 heavy (non-hydrogen) atoms. The van der Waals surface area contributed by atoms with Crippen LogP contribution in [0, 0.1) is 0 Å². The molecule has 0 spiro atoms. The van der Waals surface area contributed by atoms with E-state index in [2.05, 4.69) is 52.2 Å². The summed E-state index contributed by atoms with van der Waals surface area (Å²) in [6, 6.07) is 15.3. The number of hydrogen-bond donors (Lipinski definition) is 2. The van der Waals surface area contributed by atoms with Crippen LogP contribution in [0.4, 0.5) is 11.4 Å². The molecule has 0 aliphatic rings. The van der Waals surface area contributed by atoms with Crippen LogP contribution in [0.2, 0.25) is 8.55 Å². The van der Waals surface area contributed by atoms with Gasteiger partial charge in [-0.2, -0.15) is 0 Å². The zero-order valence-electron chi connectivity index (χ0n) is 20.5. The van der Waals surface area contributed by atoms with Crippen molar-refractivity contribution in [3.05, 3.63) is 48.5 Å². The maximum Gasteiger partial charge on any atom is 0.250 e. The summed E-state index contributed by atoms with van der Waals surface area (Å²) >= 11 is 5.39. The molecule has 2 N–H and O–H groups in total. The molecule has 6 heteroatoms. The molecule has 0 aromatic heterocycles. The van der Waals surface area contributed by atoms with Crippen molar-refractivity contribution in [2.24, 2.45) is 0 Å². The number of ether oxygens (including phenoxy) is 2. The smallest absolute Gasteiger partial charge is 0.250 e. The second-order valence-electron chi connectivity index (χ2n) is 9.79. The van der Waals surface area contributed by atoms with Crippen molar-refractivity contribution in [3.63, 3.8) is 0 Å². The van der Waals surface area contributed by atoms with Gasteiger partial charge >= 0.3 is 0 Å². The first-order chi connectivity index (χ1) is 14.4. The average molecular weight is 459 g/mol. The van der Waals surface area contributed by atoms with Gasteiger partial charge in [-0.15, -0.1) is 0 Å². The van der Waals surface area contributed by atoms with E-state index in [1.807, 2.05) is 62.4 Å². The molecule has 0 bridgehead atoms. The van der Waals surface area contributed by atoms with Gasteiger partial charge in [-0.25, -0.2) is 0 Å². The van der Waals surface area contributed by atoms with E-state index in [4.69, 9.17) is 21.7 Å². The van der Waals surface area contributed by atoms with Gasteiger partial charge in [-0.1, -0.05) is 50.1 Å². The highest BCUT2D eigenvalue weighted by Crippen LogP contribution is 2.33. The van der Waals surface area contributed by atoms with E-state index in [1.54, 1.807) is 0 Å². The second-order valence-corrected chi connectivity index (χ2v) is 14.8. The quantitative estimate of drug-likeness (QED) is 0.355. The Labute approximate surface area is 200 Å². The van der Waals surface area contributed by atoms with Crippen molar-refractivity contribution in [2.45, 2.75) is 63.9 Å². The van der Waals surface area contributed by atoms with Crippen molar-refractivity contribution in [2.75, 3.05) is 23.8 Å². The van der Waals surface area contributed by atoms with Crippen LogP contribution >= 0.6 is 12.2 Å². The van der Waals surface area contributed by atoms with Gasteiger partial charge in [0, 0.05) is 11.4 Å². The molecule has 0 saturated carbocycles. The number of thiocarbonyl (C=S) groups is 1. The maximum atomic E-state index is 5.40. The summed E-state index contributed by atoms with van der Waals surface area (Å²) in [5.41, 5.74) is 1.82. The Balaban J connectivity index is 0.000000452. The third-order valence-electron chi connectivity index (χ3n) is 3.91. The van der Waals surface area contributed by atoms with E-state index in [1.165, 1.54) is 0 Å². The molecule has 0 fully saturated rings. The molecule has 4 nitrogen and oxygen atoms in total. The third kappa shape index (κ3) is 13.3. The van der Waals surface area contributed by atoms with Gasteiger partial charge in [0.1, 0.15) is 11.5 Å². The van der Waals surface area contributed by atoms with E-state index in [0.29, 0.717) is 26.9 Å². The van der Waals surface area contributed by atoms with Crippen LogP contribution in [0.5, 0.6) is 11.5 Å². The fourth-order valence-electron chi connectivity index (χ4n) is 3.49. The normalized spacial score (nSPS) is 11.0. The summed E-state index contributed by atoms with van der Waals surface area (Å²) in [6.45, 7) is 19.3. The molecule has 2 aromatic carbocycles. The fraction of sp³-hybridized carbons (Fsp3) is 0.480. The largest absolute Gasteiger partial charge is 0.494 e. The van der Waals surface area contributed by atoms with Crippen molar-refractivity contribution < 1.29 is 9.47 Å². The lowest BCUT2D eigenvalue weighted by molar-refractivity contribution is 0.340. The zero-order valence-corrected chi connectivity index (χ0v) is 22.7. The summed E-state index contributed by atoms with van der Waals surface area (Å²) in [6.07, 6.45) is 0. The Morgan fingerprint density at radius 1 is 0.710 bits per heavy atom. The predicted octanol–water partition coefficient (Wildman–Crippen LogP) is 7.15. The Morgan fingerprint density at radius 3 is 1.26 bits per heavy atom. The van der Waals surface area contributed by atoms with Gasteiger partial charge in [-0.3, -0.25) is 0 Å². The first-order valence-corrected chi connectivity index (χ1v) is 12.8. The van der Waals surface area contributed by atoms with Crippen LogP contribution in [0.3, 0.4) is 0 Å². The third-order valence-corrected chi connectivity index (χ3v) is 6.23. The number of rotatable bonds is 6. The summed E-state index contributed by atoms with van der Waals surface area (Å²) in [5.74, 6) is 1.69. The Bertz CT molecular complexity index is 714. The van der Waals surface area contributed by atoms with E-state index >= 15 is 0 Å². The summed E-state index contributed by atoms with van der Waals surface area (Å²) in [7, 11) is 0. The number of nitrogens with one attached hydrogen (secondary N) is 2. The lowest BCUT2D eigenvalue weighted by Crippen LogP contribution is -2.18. The minimum Gasteiger partial charge on any atom is -0.494 e. The molecule has 0 atom stereocenters. The molecule has 0 aliphatic heterocycles. The SMILES string of the molecule is CCOc1ccc(NC(=S)Nc2ccc(OCC)cc2)cc1.C[C](C)(C)[AlH][C](C)(C)C. The molecule has 2 rings (SSSR count). The monoisotopic (exact) mass is 458 g/mol. The zero-order chi connectivity index (χ0) is 23.5. The van der Waals surface area contributed by atoms with Crippen molar-refractivity contribution in [1.82, 2.24) is 0 Å². The first kappa shape index (κ1) is 27.3. The van der Waals surface area contributed by atoms with Gasteiger partial charge in [-0.05, 0) is 74.6 Å². The van der Waals surface area contributed by atoms with Gasteiger partial charge in [0.05, 0.1) is 13.2 Å². The predicted molar refractivity (Wildman–Crippen MR) is 142 cm³/mol. The molecular formula is C25H39AlN2O2S. The average Bonchev–Trinajstić information content (AvgIpc) is 2.63. The standard InChI is InChI=1S/C17H20N2O2S.2C4H9.Al.H/c1-3-20-15-9-5-13(6-10-15)18-17(22)19-14-7-11-16(12-8-14)21-4-2;2*1-4(2)3;;/h5-12H,3-4H2,1-2H3,(H2,18,19,22);2*1-3H3;;. The van der Waals surface area contributed by atoms with Crippen LogP contribution in [0.1, 0.15) is 55.4 Å². The number of hydrogen-bond acceptors (Lipinski definition) is 3. The Hall–Kier alpha value is -1.74. The molecule has 0 unspecified atom stereocenters. The van der Waals surface area contributed by atoms with E-state index < -0.39 is 0 Å². The highest BCUT2D eigenvalue weighted by Gasteiger charge is 2.24. The van der Waals surface area contributed by atoms with Gasteiger partial charge < -0.3 is 20.1 Å². The highest BCUT2D eigenvalue weighted by atomic mass is 32.1. The first-order valence-electron chi connectivity index (χ1n) is 11.0. The van der Waals surface area contributed by atoms with E-state index in [9.17, 15) is 0 Å². The van der Waals surface area contributed by atoms with Crippen molar-refractivity contribution in [3.8, 4) is 11.5 Å². The topological polar surface area (TPSA) is 42.5 Å². The molecule has 0 saturated heterocycles. The van der Waals surface area contributed by atoms with E-state index in [0.717, 1.165) is 22.9 Å². The molecule has 0 amide bonds. The van der Waals surface area contributed by atoms with Crippen molar-refractivity contribution in [1.29, 1.82) is 0 Å². The van der Waals surface area contributed by atoms with Crippen LogP contribution in [-0.2, 0) is 0 Å². The van der Waals surface area contributed by atoms with Crippen molar-refractivity contribution >= 4 is 43.9 Å². The molecule has 0 aliphatic carbocycles. The molecule has 0 heterocycles. The van der Waals surface area contributed by atoms with Crippen LogP contribution in [0.25, 0.3) is 0 Å². The fourth-order valence-corrected chi connectivity index (χ4v) is 6.90. The van der Waals surface area contributed by atoms with Gasteiger partial charge in [0.15, 0.2) is 5.11 Å². The molecule has 170 valence electrons. The minimum atomic E-state index is 0.0880. The summed E-state index contributed by atoms with van der Waals surface area (Å²) in [4.78, 5) is 0. The lowest BCUT2D eigenvalue weighted by Gasteiger charge is -2.25. The summed E-state index contributed by atoms with van der Waals surface area (Å²) < 4.78 is 12.1. The molecular weight excluding hydrogens is 419 g/mol. The lowest BCUT2D eigenvalue weighted by atomic mass is 10.2. The minimum absolute atomic E-state index is 0.0880.